The number of pyridine rings is 1. The van der Waals surface area contributed by atoms with Gasteiger partial charge in [-0.3, -0.25) is 0 Å². The molecule has 0 aliphatic carbocycles. The first-order chi connectivity index (χ1) is 9.97. The number of thioether (sulfide) groups is 1. The summed E-state index contributed by atoms with van der Waals surface area (Å²) >= 11 is 1.39. The van der Waals surface area contributed by atoms with Crippen molar-refractivity contribution in [3.05, 3.63) is 48.2 Å². The van der Waals surface area contributed by atoms with E-state index in [1.165, 1.54) is 23.9 Å². The van der Waals surface area contributed by atoms with Gasteiger partial charge in [-0.25, -0.2) is 4.98 Å². The van der Waals surface area contributed by atoms with E-state index in [1.807, 2.05) is 0 Å². The highest BCUT2D eigenvalue weighted by molar-refractivity contribution is 7.99. The number of benzene rings is 1. The minimum atomic E-state index is -4.36. The van der Waals surface area contributed by atoms with Gasteiger partial charge in [0.1, 0.15) is 10.8 Å². The van der Waals surface area contributed by atoms with Crippen LogP contribution < -0.4 is 10.5 Å². The van der Waals surface area contributed by atoms with Crippen molar-refractivity contribution < 1.29 is 17.9 Å². The van der Waals surface area contributed by atoms with Crippen LogP contribution in [-0.4, -0.2) is 17.3 Å². The van der Waals surface area contributed by atoms with E-state index in [-0.39, 0.29) is 12.4 Å². The number of ether oxygens (including phenoxy) is 1. The Morgan fingerprint density at radius 2 is 2.00 bits per heavy atom. The second kappa shape index (κ2) is 6.71. The van der Waals surface area contributed by atoms with E-state index in [0.29, 0.717) is 16.5 Å². The van der Waals surface area contributed by atoms with Crippen LogP contribution in [0.5, 0.6) is 5.75 Å². The number of anilines is 1. The van der Waals surface area contributed by atoms with Crippen LogP contribution in [0.2, 0.25) is 0 Å². The first-order valence-electron chi connectivity index (χ1n) is 6.10. The zero-order chi connectivity index (χ0) is 15.3. The fraction of sp³-hybridized carbons (Fsp3) is 0.214. The van der Waals surface area contributed by atoms with Crippen LogP contribution in [0.4, 0.5) is 18.9 Å². The van der Waals surface area contributed by atoms with Crippen LogP contribution in [0.15, 0.2) is 47.6 Å². The molecule has 2 rings (SSSR count). The number of halogens is 3. The molecule has 1 heterocycles. The number of aromatic nitrogens is 1. The second-order valence-electron chi connectivity index (χ2n) is 4.12. The standard InChI is InChI=1S/C14H13F3N2OS/c15-14(16,17)10-3-1-4-11(9-10)20-7-8-21-13-12(18)5-2-6-19-13/h1-6,9H,7-8,18H2. The predicted octanol–water partition coefficient (Wildman–Crippen LogP) is 3.85. The highest BCUT2D eigenvalue weighted by atomic mass is 32.2. The third-order valence-electron chi connectivity index (χ3n) is 2.55. The summed E-state index contributed by atoms with van der Waals surface area (Å²) in [7, 11) is 0. The molecule has 0 unspecified atom stereocenters. The fourth-order valence-electron chi connectivity index (χ4n) is 1.58. The van der Waals surface area contributed by atoms with Crippen molar-refractivity contribution in [2.75, 3.05) is 18.1 Å². The lowest BCUT2D eigenvalue weighted by atomic mass is 10.2. The van der Waals surface area contributed by atoms with Crippen LogP contribution in [0.1, 0.15) is 5.56 Å². The molecule has 0 fully saturated rings. The molecule has 0 bridgehead atoms. The number of rotatable bonds is 5. The van der Waals surface area contributed by atoms with E-state index in [1.54, 1.807) is 18.3 Å². The predicted molar refractivity (Wildman–Crippen MR) is 76.3 cm³/mol. The zero-order valence-electron chi connectivity index (χ0n) is 10.9. The van der Waals surface area contributed by atoms with Crippen LogP contribution in [0.3, 0.4) is 0 Å². The van der Waals surface area contributed by atoms with Crippen molar-refractivity contribution in [2.45, 2.75) is 11.2 Å². The Labute approximate surface area is 124 Å². The summed E-state index contributed by atoms with van der Waals surface area (Å²) < 4.78 is 42.9. The summed E-state index contributed by atoms with van der Waals surface area (Å²) in [5.41, 5.74) is 5.58. The molecular weight excluding hydrogens is 301 g/mol. The smallest absolute Gasteiger partial charge is 0.416 e. The van der Waals surface area contributed by atoms with E-state index in [0.717, 1.165) is 12.1 Å². The van der Waals surface area contributed by atoms with Crippen LogP contribution >= 0.6 is 11.8 Å². The van der Waals surface area contributed by atoms with Gasteiger partial charge in [-0.15, -0.1) is 11.8 Å². The minimum absolute atomic E-state index is 0.194. The number of alkyl halides is 3. The molecule has 0 radical (unpaired) electrons. The Morgan fingerprint density at radius 3 is 2.71 bits per heavy atom. The monoisotopic (exact) mass is 314 g/mol. The molecule has 0 saturated heterocycles. The molecule has 0 aliphatic rings. The highest BCUT2D eigenvalue weighted by Crippen LogP contribution is 2.31. The molecule has 0 amide bonds. The molecule has 1 aromatic heterocycles. The maximum absolute atomic E-state index is 12.5. The van der Waals surface area contributed by atoms with Crippen molar-refractivity contribution in [2.24, 2.45) is 0 Å². The maximum Gasteiger partial charge on any atom is 0.416 e. The summed E-state index contributed by atoms with van der Waals surface area (Å²) in [6.07, 6.45) is -2.73. The molecule has 112 valence electrons. The third kappa shape index (κ3) is 4.56. The number of nitrogens with two attached hydrogens (primary N) is 1. The number of hydrogen-bond donors (Lipinski definition) is 1. The summed E-state index contributed by atoms with van der Waals surface area (Å²) in [6, 6.07) is 8.29. The van der Waals surface area contributed by atoms with E-state index >= 15 is 0 Å². The maximum atomic E-state index is 12.5. The first-order valence-corrected chi connectivity index (χ1v) is 7.09. The summed E-state index contributed by atoms with van der Waals surface area (Å²) in [4.78, 5) is 4.10. The molecule has 21 heavy (non-hydrogen) atoms. The van der Waals surface area contributed by atoms with Crippen molar-refractivity contribution in [1.82, 2.24) is 4.98 Å². The van der Waals surface area contributed by atoms with Gasteiger partial charge in [0.25, 0.3) is 0 Å². The Kier molecular flexibility index (Phi) is 4.95. The number of nitrogen functional groups attached to an aromatic ring is 1. The molecular formula is C14H13F3N2OS. The van der Waals surface area contributed by atoms with Crippen molar-refractivity contribution in [1.29, 1.82) is 0 Å². The quantitative estimate of drug-likeness (QED) is 0.672. The Morgan fingerprint density at radius 1 is 1.19 bits per heavy atom. The molecule has 0 saturated carbocycles. The summed E-state index contributed by atoms with van der Waals surface area (Å²) in [6.45, 7) is 0.266. The molecule has 0 aliphatic heterocycles. The second-order valence-corrected chi connectivity index (χ2v) is 5.20. The molecule has 0 atom stereocenters. The average molecular weight is 314 g/mol. The van der Waals surface area contributed by atoms with E-state index in [4.69, 9.17) is 10.5 Å². The van der Waals surface area contributed by atoms with Gasteiger partial charge < -0.3 is 10.5 Å². The lowest BCUT2D eigenvalue weighted by molar-refractivity contribution is -0.137. The topological polar surface area (TPSA) is 48.1 Å². The van der Waals surface area contributed by atoms with Gasteiger partial charge in [0.15, 0.2) is 0 Å². The van der Waals surface area contributed by atoms with Gasteiger partial charge >= 0.3 is 6.18 Å². The lowest BCUT2D eigenvalue weighted by Crippen LogP contribution is -2.06. The normalized spacial score (nSPS) is 11.4. The van der Waals surface area contributed by atoms with Gasteiger partial charge in [-0.2, -0.15) is 13.2 Å². The molecule has 3 nitrogen and oxygen atoms in total. The molecule has 7 heteroatoms. The molecule has 2 aromatic rings. The minimum Gasteiger partial charge on any atom is -0.493 e. The lowest BCUT2D eigenvalue weighted by Gasteiger charge is -2.10. The van der Waals surface area contributed by atoms with E-state index in [9.17, 15) is 13.2 Å². The first kappa shape index (κ1) is 15.5. The largest absolute Gasteiger partial charge is 0.493 e. The van der Waals surface area contributed by atoms with Crippen LogP contribution in [0, 0.1) is 0 Å². The van der Waals surface area contributed by atoms with Crippen molar-refractivity contribution >= 4 is 17.4 Å². The van der Waals surface area contributed by atoms with Crippen molar-refractivity contribution in [3.63, 3.8) is 0 Å². The summed E-state index contributed by atoms with van der Waals surface area (Å²) in [5.74, 6) is 0.733. The van der Waals surface area contributed by atoms with E-state index in [2.05, 4.69) is 4.98 Å². The van der Waals surface area contributed by atoms with Gasteiger partial charge in [0, 0.05) is 11.9 Å². The molecule has 2 N–H and O–H groups in total. The fourth-order valence-corrected chi connectivity index (χ4v) is 2.31. The van der Waals surface area contributed by atoms with Crippen molar-refractivity contribution in [3.8, 4) is 5.75 Å². The zero-order valence-corrected chi connectivity index (χ0v) is 11.7. The van der Waals surface area contributed by atoms with Crippen LogP contribution in [-0.2, 0) is 6.18 Å². The number of nitrogens with zero attached hydrogens (tertiary/aromatic N) is 1. The highest BCUT2D eigenvalue weighted by Gasteiger charge is 2.30. The molecule has 1 aromatic carbocycles. The third-order valence-corrected chi connectivity index (χ3v) is 3.54. The van der Waals surface area contributed by atoms with Gasteiger partial charge in [-0.05, 0) is 30.3 Å². The van der Waals surface area contributed by atoms with Gasteiger partial charge in [0.05, 0.1) is 17.9 Å². The van der Waals surface area contributed by atoms with E-state index < -0.39 is 11.7 Å². The SMILES string of the molecule is Nc1cccnc1SCCOc1cccc(C(F)(F)F)c1. The Balaban J connectivity index is 1.85. The number of hydrogen-bond acceptors (Lipinski definition) is 4. The summed E-state index contributed by atoms with van der Waals surface area (Å²) in [5, 5.41) is 0.685. The molecule has 0 spiro atoms. The Hall–Kier alpha value is -1.89. The van der Waals surface area contributed by atoms with Gasteiger partial charge in [0.2, 0.25) is 0 Å². The Bertz CT molecular complexity index is 605. The van der Waals surface area contributed by atoms with Gasteiger partial charge in [-0.1, -0.05) is 6.07 Å². The van der Waals surface area contributed by atoms with Crippen LogP contribution in [0.25, 0.3) is 0 Å². The average Bonchev–Trinajstić information content (AvgIpc) is 2.45.